The Morgan fingerprint density at radius 2 is 1.86 bits per heavy atom. The van der Waals surface area contributed by atoms with E-state index in [-0.39, 0.29) is 29.2 Å². The van der Waals surface area contributed by atoms with Gasteiger partial charge in [-0.2, -0.15) is 13.2 Å². The molecule has 1 aromatic carbocycles. The van der Waals surface area contributed by atoms with E-state index in [1.165, 1.54) is 22.9 Å². The molecule has 4 atom stereocenters. The van der Waals surface area contributed by atoms with E-state index in [1.54, 1.807) is 36.3 Å². The van der Waals surface area contributed by atoms with Crippen molar-refractivity contribution in [1.82, 2.24) is 25.1 Å². The Hall–Kier alpha value is -3.47. The van der Waals surface area contributed by atoms with Gasteiger partial charge in [-0.15, -0.1) is 10.2 Å². The molecule has 4 heterocycles. The fourth-order valence-electron chi connectivity index (χ4n) is 5.88. The predicted octanol–water partition coefficient (Wildman–Crippen LogP) is 3.65. The summed E-state index contributed by atoms with van der Waals surface area (Å²) in [5, 5.41) is 22.3. The minimum absolute atomic E-state index is 0.000523. The van der Waals surface area contributed by atoms with Gasteiger partial charge < -0.3 is 19.9 Å². The maximum Gasteiger partial charge on any atom is 0.395 e. The summed E-state index contributed by atoms with van der Waals surface area (Å²) in [6, 6.07) is 6.96. The molecule has 0 unspecified atom stereocenters. The second kappa shape index (κ2) is 8.83. The van der Waals surface area contributed by atoms with Gasteiger partial charge in [0.05, 0.1) is 17.7 Å². The number of phenolic OH excluding ortho intramolecular Hbond substituents is 1. The van der Waals surface area contributed by atoms with Gasteiger partial charge in [0.1, 0.15) is 5.75 Å². The number of aryl methyl sites for hydroxylation is 1. The molecule has 2 N–H and O–H groups in total. The Labute approximate surface area is 211 Å². The van der Waals surface area contributed by atoms with Gasteiger partial charge in [0, 0.05) is 43.5 Å². The summed E-state index contributed by atoms with van der Waals surface area (Å²) in [7, 11) is 1.66. The highest BCUT2D eigenvalue weighted by molar-refractivity contribution is 5.72. The topological polar surface area (TPSA) is 96.2 Å². The first-order valence-electron chi connectivity index (χ1n) is 12.5. The molecule has 2 bridgehead atoms. The van der Waals surface area contributed by atoms with Crippen molar-refractivity contribution in [2.24, 2.45) is 13.0 Å². The van der Waals surface area contributed by atoms with Gasteiger partial charge >= 0.3 is 6.18 Å². The number of nitrogens with zero attached hydrogens (tertiary/aromatic N) is 5. The summed E-state index contributed by atoms with van der Waals surface area (Å²) in [4.78, 5) is 18.1. The number of halogens is 3. The first-order chi connectivity index (χ1) is 17.7. The lowest BCUT2D eigenvalue weighted by Gasteiger charge is -2.44. The van der Waals surface area contributed by atoms with Gasteiger partial charge in [0.25, 0.3) is 5.56 Å². The van der Waals surface area contributed by atoms with Crippen LogP contribution in [0.2, 0.25) is 0 Å². The van der Waals surface area contributed by atoms with Gasteiger partial charge in [-0.1, -0.05) is 6.07 Å². The molecular weight excluding hydrogens is 485 g/mol. The monoisotopic (exact) mass is 512 g/mol. The van der Waals surface area contributed by atoms with Crippen LogP contribution in [0, 0.1) is 5.92 Å². The summed E-state index contributed by atoms with van der Waals surface area (Å²) < 4.78 is 44.0. The molecule has 0 amide bonds. The van der Waals surface area contributed by atoms with Crippen molar-refractivity contribution in [1.29, 1.82) is 0 Å². The number of nitrogens with one attached hydrogen (secondary N) is 1. The van der Waals surface area contributed by atoms with Crippen LogP contribution < -0.4 is 15.8 Å². The standard InChI is InChI=1S/C26H27F3N6O2/c1-34-9-8-15(11-23(34)37)14-2-6-18(21(36)10-14)25-30-13-22(32-33-25)35(17-4-5-17)20-12-16-3-7-19(31-16)24(20)26(27,28)29/h2,6,8-11,13,16-17,19-20,24,31,36H,3-5,7,12H2,1H3/t16-,19+,20+,24-/m0/s1. The molecule has 8 nitrogen and oxygen atoms in total. The highest BCUT2D eigenvalue weighted by Crippen LogP contribution is 2.47. The quantitative estimate of drug-likeness (QED) is 0.539. The van der Waals surface area contributed by atoms with Crippen LogP contribution in [0.5, 0.6) is 5.75 Å². The Morgan fingerprint density at radius 3 is 2.51 bits per heavy atom. The van der Waals surface area contributed by atoms with Crippen LogP contribution in [-0.2, 0) is 7.05 Å². The van der Waals surface area contributed by atoms with E-state index in [9.17, 15) is 23.1 Å². The highest BCUT2D eigenvalue weighted by Gasteiger charge is 2.57. The third-order valence-electron chi connectivity index (χ3n) is 7.82. The second-order valence-corrected chi connectivity index (χ2v) is 10.3. The molecule has 37 heavy (non-hydrogen) atoms. The minimum Gasteiger partial charge on any atom is -0.507 e. The lowest BCUT2D eigenvalue weighted by molar-refractivity contribution is -0.191. The van der Waals surface area contributed by atoms with E-state index in [4.69, 9.17) is 0 Å². The predicted molar refractivity (Wildman–Crippen MR) is 131 cm³/mol. The second-order valence-electron chi connectivity index (χ2n) is 10.3. The number of benzene rings is 1. The molecule has 1 aliphatic carbocycles. The van der Waals surface area contributed by atoms with Crippen LogP contribution in [-0.4, -0.2) is 55.2 Å². The first-order valence-corrected chi connectivity index (χ1v) is 12.5. The highest BCUT2D eigenvalue weighted by atomic mass is 19.4. The van der Waals surface area contributed by atoms with Crippen molar-refractivity contribution >= 4 is 5.82 Å². The maximum atomic E-state index is 14.2. The molecular formula is C26H27F3N6O2. The summed E-state index contributed by atoms with van der Waals surface area (Å²) in [6.07, 6.45) is 2.12. The van der Waals surface area contributed by atoms with Crippen molar-refractivity contribution < 1.29 is 18.3 Å². The number of hydrogen-bond donors (Lipinski definition) is 2. The summed E-state index contributed by atoms with van der Waals surface area (Å²) in [5.74, 6) is -1.05. The average Bonchev–Trinajstić information content (AvgIpc) is 3.63. The Balaban J connectivity index is 1.29. The van der Waals surface area contributed by atoms with Crippen LogP contribution in [0.3, 0.4) is 0 Å². The van der Waals surface area contributed by atoms with Gasteiger partial charge in [-0.3, -0.25) is 4.79 Å². The van der Waals surface area contributed by atoms with Crippen LogP contribution in [0.15, 0.2) is 47.5 Å². The number of fused-ring (bicyclic) bond motifs is 2. The zero-order chi connectivity index (χ0) is 25.9. The number of aromatic hydroxyl groups is 1. The summed E-state index contributed by atoms with van der Waals surface area (Å²) in [6.45, 7) is 0. The maximum absolute atomic E-state index is 14.2. The number of pyridine rings is 1. The number of aromatic nitrogens is 4. The Morgan fingerprint density at radius 1 is 1.08 bits per heavy atom. The number of hydrogen-bond acceptors (Lipinski definition) is 7. The van der Waals surface area contributed by atoms with Crippen molar-refractivity contribution in [3.63, 3.8) is 0 Å². The van der Waals surface area contributed by atoms with Gasteiger partial charge in [-0.25, -0.2) is 4.98 Å². The molecule has 3 aliphatic rings. The van der Waals surface area contributed by atoms with Crippen LogP contribution >= 0.6 is 0 Å². The van der Waals surface area contributed by atoms with Gasteiger partial charge in [0.15, 0.2) is 11.6 Å². The number of piperidine rings is 1. The van der Waals surface area contributed by atoms with E-state index in [2.05, 4.69) is 20.5 Å². The molecule has 3 aromatic rings. The molecule has 1 saturated carbocycles. The largest absolute Gasteiger partial charge is 0.507 e. The van der Waals surface area contributed by atoms with Crippen molar-refractivity contribution in [2.45, 2.75) is 62.4 Å². The van der Waals surface area contributed by atoms with Gasteiger partial charge in [-0.05, 0) is 61.4 Å². The van der Waals surface area contributed by atoms with Crippen LogP contribution in [0.4, 0.5) is 19.0 Å². The molecule has 0 spiro atoms. The fraction of sp³-hybridized carbons (Fsp3) is 0.462. The molecule has 2 aromatic heterocycles. The average molecular weight is 513 g/mol. The molecule has 0 radical (unpaired) electrons. The zero-order valence-corrected chi connectivity index (χ0v) is 20.2. The van der Waals surface area contributed by atoms with E-state index in [1.807, 2.05) is 0 Å². The molecule has 11 heteroatoms. The Bertz CT molecular complexity index is 1370. The molecule has 2 saturated heterocycles. The summed E-state index contributed by atoms with van der Waals surface area (Å²) >= 11 is 0. The number of rotatable bonds is 5. The van der Waals surface area contributed by atoms with Crippen molar-refractivity contribution in [2.75, 3.05) is 4.90 Å². The molecule has 6 rings (SSSR count). The minimum atomic E-state index is -4.32. The van der Waals surface area contributed by atoms with E-state index < -0.39 is 24.2 Å². The fourth-order valence-corrected chi connectivity index (χ4v) is 5.88. The number of alkyl halides is 3. The third-order valence-corrected chi connectivity index (χ3v) is 7.82. The first kappa shape index (κ1) is 23.9. The number of anilines is 1. The smallest absolute Gasteiger partial charge is 0.395 e. The normalized spacial score (nSPS) is 25.3. The third kappa shape index (κ3) is 4.45. The van der Waals surface area contributed by atoms with E-state index in [0.29, 0.717) is 35.3 Å². The lowest BCUT2D eigenvalue weighted by Crippen LogP contribution is -2.60. The summed E-state index contributed by atoms with van der Waals surface area (Å²) in [5.41, 5.74) is 1.49. The van der Waals surface area contributed by atoms with Gasteiger partial charge in [0.2, 0.25) is 0 Å². The van der Waals surface area contributed by atoms with Crippen LogP contribution in [0.25, 0.3) is 22.5 Å². The number of phenols is 1. The van der Waals surface area contributed by atoms with E-state index in [0.717, 1.165) is 19.3 Å². The Kier molecular flexibility index (Phi) is 5.70. The lowest BCUT2D eigenvalue weighted by atomic mass is 9.85. The molecule has 3 fully saturated rings. The van der Waals surface area contributed by atoms with Crippen LogP contribution in [0.1, 0.15) is 32.1 Å². The zero-order valence-electron chi connectivity index (χ0n) is 20.2. The SMILES string of the molecule is Cn1ccc(-c2ccc(-c3ncc(N(C4CC4)[C@@H]4C[C@@H]5CC[C@@H](N5)[C@@H]4C(F)(F)F)nn3)c(O)c2)cc1=O. The van der Waals surface area contributed by atoms with Crippen molar-refractivity contribution in [3.05, 3.63) is 53.1 Å². The molecule has 194 valence electrons. The van der Waals surface area contributed by atoms with E-state index >= 15 is 0 Å². The molecule has 2 aliphatic heterocycles. The van der Waals surface area contributed by atoms with Crippen molar-refractivity contribution in [3.8, 4) is 28.3 Å².